The van der Waals surface area contributed by atoms with Crippen LogP contribution < -0.4 is 5.73 Å². The minimum absolute atomic E-state index is 0.190. The Kier molecular flexibility index (Phi) is 5.62. The van der Waals surface area contributed by atoms with Crippen LogP contribution >= 0.6 is 31.9 Å². The van der Waals surface area contributed by atoms with Crippen LogP contribution in [0.3, 0.4) is 0 Å². The van der Waals surface area contributed by atoms with Crippen molar-refractivity contribution in [3.05, 3.63) is 26.6 Å². The summed E-state index contributed by atoms with van der Waals surface area (Å²) in [6.07, 6.45) is -0.190. The number of anilines is 1. The van der Waals surface area contributed by atoms with Crippen LogP contribution in [0.5, 0.6) is 0 Å². The zero-order valence-electron chi connectivity index (χ0n) is 10.5. The maximum Gasteiger partial charge on any atom is 0.340 e. The van der Waals surface area contributed by atoms with Crippen molar-refractivity contribution in [2.75, 3.05) is 26.4 Å². The van der Waals surface area contributed by atoms with Crippen LogP contribution in [0.4, 0.5) is 5.69 Å². The first-order valence-corrected chi connectivity index (χ1v) is 7.00. The number of hydrogen-bond acceptors (Lipinski definition) is 4. The van der Waals surface area contributed by atoms with Crippen LogP contribution in [0.25, 0.3) is 0 Å². The molecule has 0 aliphatic carbocycles. The third-order valence-corrected chi connectivity index (χ3v) is 3.36. The highest BCUT2D eigenvalue weighted by Crippen LogP contribution is 2.28. The molecule has 100 valence electrons. The molecule has 0 amide bonds. The minimum atomic E-state index is -0.413. The van der Waals surface area contributed by atoms with Gasteiger partial charge in [-0.3, -0.25) is 0 Å². The smallest absolute Gasteiger partial charge is 0.340 e. The summed E-state index contributed by atoms with van der Waals surface area (Å²) in [5.74, 6) is -0.413. The molecule has 6 heteroatoms. The molecular formula is C12H16Br2N2O2. The number of carbonyl (C=O) groups excluding carboxylic acids is 1. The molecular weight excluding hydrogens is 364 g/mol. The number of rotatable bonds is 4. The average molecular weight is 380 g/mol. The standard InChI is InChI=1S/C12H16Br2N2O2/c1-7(6-16(2)3)18-12(17)9-4-8(13)5-10(14)11(9)15/h4-5,7H,6,15H2,1-3H3. The zero-order valence-corrected chi connectivity index (χ0v) is 13.7. The molecule has 1 aromatic rings. The fourth-order valence-corrected chi connectivity index (χ4v) is 2.78. The van der Waals surface area contributed by atoms with Gasteiger partial charge in [0.25, 0.3) is 0 Å². The van der Waals surface area contributed by atoms with Gasteiger partial charge >= 0.3 is 5.97 Å². The van der Waals surface area contributed by atoms with E-state index in [0.717, 1.165) is 4.47 Å². The van der Waals surface area contributed by atoms with E-state index >= 15 is 0 Å². The highest BCUT2D eigenvalue weighted by molar-refractivity contribution is 9.11. The SMILES string of the molecule is CC(CN(C)C)OC(=O)c1cc(Br)cc(Br)c1N. The van der Waals surface area contributed by atoms with Gasteiger partial charge in [-0.2, -0.15) is 0 Å². The van der Waals surface area contributed by atoms with Gasteiger partial charge in [-0.05, 0) is 49.1 Å². The van der Waals surface area contributed by atoms with Crippen LogP contribution in [0, 0.1) is 0 Å². The first-order valence-electron chi connectivity index (χ1n) is 5.41. The Labute approximate surface area is 124 Å². The lowest BCUT2D eigenvalue weighted by Gasteiger charge is -2.18. The van der Waals surface area contributed by atoms with Crippen molar-refractivity contribution in [3.63, 3.8) is 0 Å². The zero-order chi connectivity index (χ0) is 13.9. The van der Waals surface area contributed by atoms with E-state index in [1.165, 1.54) is 0 Å². The van der Waals surface area contributed by atoms with Crippen LogP contribution in [0.1, 0.15) is 17.3 Å². The highest BCUT2D eigenvalue weighted by Gasteiger charge is 2.17. The third-order valence-electron chi connectivity index (χ3n) is 2.24. The first-order chi connectivity index (χ1) is 8.31. The van der Waals surface area contributed by atoms with E-state index in [9.17, 15) is 4.79 Å². The predicted octanol–water partition coefficient (Wildman–Crippen LogP) is 2.90. The Balaban J connectivity index is 2.85. The van der Waals surface area contributed by atoms with Gasteiger partial charge in [-0.15, -0.1) is 0 Å². The van der Waals surface area contributed by atoms with E-state index in [1.807, 2.05) is 25.9 Å². The van der Waals surface area contributed by atoms with E-state index in [-0.39, 0.29) is 6.10 Å². The van der Waals surface area contributed by atoms with Crippen molar-refractivity contribution in [2.45, 2.75) is 13.0 Å². The topological polar surface area (TPSA) is 55.6 Å². The molecule has 0 aliphatic heterocycles. The van der Waals surface area contributed by atoms with Crippen LogP contribution in [-0.2, 0) is 4.74 Å². The summed E-state index contributed by atoms with van der Waals surface area (Å²) in [6.45, 7) is 2.52. The molecule has 0 saturated heterocycles. The number of nitrogens with zero attached hydrogens (tertiary/aromatic N) is 1. The fourth-order valence-electron chi connectivity index (χ4n) is 1.55. The second-order valence-corrected chi connectivity index (χ2v) is 6.10. The van der Waals surface area contributed by atoms with Gasteiger partial charge in [0.1, 0.15) is 6.10 Å². The lowest BCUT2D eigenvalue weighted by molar-refractivity contribution is 0.0290. The molecule has 18 heavy (non-hydrogen) atoms. The molecule has 0 fully saturated rings. The van der Waals surface area contributed by atoms with E-state index < -0.39 is 5.97 Å². The van der Waals surface area contributed by atoms with E-state index in [0.29, 0.717) is 22.3 Å². The summed E-state index contributed by atoms with van der Waals surface area (Å²) in [5, 5.41) is 0. The van der Waals surface area contributed by atoms with Crippen LogP contribution in [-0.4, -0.2) is 37.6 Å². The second-order valence-electron chi connectivity index (χ2n) is 4.33. The predicted molar refractivity (Wildman–Crippen MR) is 79.7 cm³/mol. The summed E-state index contributed by atoms with van der Waals surface area (Å²) >= 11 is 6.62. The van der Waals surface area contributed by atoms with Crippen molar-refractivity contribution in [1.82, 2.24) is 4.90 Å². The maximum absolute atomic E-state index is 12.0. The van der Waals surface area contributed by atoms with Gasteiger partial charge in [0.05, 0.1) is 11.3 Å². The minimum Gasteiger partial charge on any atom is -0.458 e. The molecule has 4 nitrogen and oxygen atoms in total. The molecule has 0 radical (unpaired) electrons. The molecule has 0 aromatic heterocycles. The second kappa shape index (κ2) is 6.54. The van der Waals surface area contributed by atoms with Crippen LogP contribution in [0.15, 0.2) is 21.1 Å². The van der Waals surface area contributed by atoms with Crippen LogP contribution in [0.2, 0.25) is 0 Å². The quantitative estimate of drug-likeness (QED) is 0.645. The van der Waals surface area contributed by atoms with E-state index in [1.54, 1.807) is 12.1 Å². The maximum atomic E-state index is 12.0. The summed E-state index contributed by atoms with van der Waals surface area (Å²) < 4.78 is 6.78. The molecule has 0 saturated carbocycles. The van der Waals surface area contributed by atoms with E-state index in [4.69, 9.17) is 10.5 Å². The average Bonchev–Trinajstić information content (AvgIpc) is 2.21. The van der Waals surface area contributed by atoms with E-state index in [2.05, 4.69) is 31.9 Å². The number of halogens is 2. The Morgan fingerprint density at radius 3 is 2.61 bits per heavy atom. The Morgan fingerprint density at radius 2 is 2.06 bits per heavy atom. The summed E-state index contributed by atoms with van der Waals surface area (Å²) in [7, 11) is 3.85. The molecule has 0 heterocycles. The Morgan fingerprint density at radius 1 is 1.44 bits per heavy atom. The number of benzene rings is 1. The van der Waals surface area contributed by atoms with Gasteiger partial charge < -0.3 is 15.4 Å². The van der Waals surface area contributed by atoms with Crippen molar-refractivity contribution >= 4 is 43.5 Å². The summed E-state index contributed by atoms with van der Waals surface area (Å²) in [5.41, 5.74) is 6.60. The molecule has 0 aliphatic rings. The third kappa shape index (κ3) is 4.26. The molecule has 0 bridgehead atoms. The molecule has 1 unspecified atom stereocenters. The number of nitrogen functional groups attached to an aromatic ring is 1. The monoisotopic (exact) mass is 378 g/mol. The number of carbonyl (C=O) groups is 1. The largest absolute Gasteiger partial charge is 0.458 e. The molecule has 1 rings (SSSR count). The number of hydrogen-bond donors (Lipinski definition) is 1. The Bertz CT molecular complexity index is 450. The molecule has 2 N–H and O–H groups in total. The molecule has 1 atom stereocenters. The van der Waals surface area contributed by atoms with Crippen molar-refractivity contribution < 1.29 is 9.53 Å². The first kappa shape index (κ1) is 15.5. The number of likely N-dealkylation sites (N-methyl/N-ethyl adjacent to an activating group) is 1. The lowest BCUT2D eigenvalue weighted by atomic mass is 10.2. The van der Waals surface area contributed by atoms with Crippen molar-refractivity contribution in [2.24, 2.45) is 0 Å². The summed E-state index contributed by atoms with van der Waals surface area (Å²) in [4.78, 5) is 14.0. The van der Waals surface area contributed by atoms with Gasteiger partial charge in [0, 0.05) is 15.5 Å². The molecule has 0 spiro atoms. The number of ether oxygens (including phenoxy) is 1. The lowest BCUT2D eigenvalue weighted by Crippen LogP contribution is -2.28. The molecule has 1 aromatic carbocycles. The van der Waals surface area contributed by atoms with Gasteiger partial charge in [0.2, 0.25) is 0 Å². The Hall–Kier alpha value is -0.590. The van der Waals surface area contributed by atoms with Crippen molar-refractivity contribution in [3.8, 4) is 0 Å². The number of esters is 1. The van der Waals surface area contributed by atoms with Gasteiger partial charge in [-0.1, -0.05) is 15.9 Å². The number of nitrogens with two attached hydrogens (primary N) is 1. The van der Waals surface area contributed by atoms with Gasteiger partial charge in [-0.25, -0.2) is 4.79 Å². The summed E-state index contributed by atoms with van der Waals surface area (Å²) in [6, 6.07) is 3.44. The fraction of sp³-hybridized carbons (Fsp3) is 0.417. The van der Waals surface area contributed by atoms with Crippen molar-refractivity contribution in [1.29, 1.82) is 0 Å². The normalized spacial score (nSPS) is 12.6. The van der Waals surface area contributed by atoms with Gasteiger partial charge in [0.15, 0.2) is 0 Å². The highest BCUT2D eigenvalue weighted by atomic mass is 79.9.